The highest BCUT2D eigenvalue weighted by atomic mass is 15.1. The average molecular weight is 949 g/mol. The molecule has 0 atom stereocenters. The van der Waals surface area contributed by atoms with Gasteiger partial charge in [0, 0.05) is 49.8 Å². The van der Waals surface area contributed by atoms with Crippen LogP contribution in [0.3, 0.4) is 0 Å². The van der Waals surface area contributed by atoms with Gasteiger partial charge in [0.2, 0.25) is 0 Å². The van der Waals surface area contributed by atoms with E-state index in [1.807, 2.05) is 42.5 Å². The molecule has 77 heavy (non-hydrogen) atoms. The Morgan fingerprint density at radius 3 is 1.34 bits per heavy atom. The van der Waals surface area contributed by atoms with E-state index in [-0.39, 0.29) is 87.7 Å². The lowest BCUT2D eigenvalue weighted by Crippen LogP contribution is -2.56. The van der Waals surface area contributed by atoms with Crippen LogP contribution < -0.4 is 70.5 Å². The standard InChI is InChI=1S/C63H34B12N2/c1-63(2)42-16-10-9-15-39(42)40-28-26-38(30-43(40)63)76(37-24-21-35(22-25-37)34-19-17-33(18-20-34)31-11-5-3-6-12-31)44-29-36(32-13-7-4-8-14-32)23-27-41(44)45-46-47-49(65)50(66)53(69)57(73)61(47)77(60(46)56(72)51(67)48(45)64)62-58(74)54(70)52(68)55(71)59(62)75/h3-30H,1-2H3. The van der Waals surface area contributed by atoms with Crippen molar-refractivity contribution in [1.82, 2.24) is 4.57 Å². The van der Waals surface area contributed by atoms with Gasteiger partial charge in [0.05, 0.1) is 5.69 Å². The minimum Gasteiger partial charge on any atom is -0.312 e. The van der Waals surface area contributed by atoms with E-state index in [0.29, 0.717) is 21.9 Å². The maximum atomic E-state index is 7.42. The second-order valence-electron chi connectivity index (χ2n) is 20.3. The number of hydrogen-bond acceptors (Lipinski definition) is 1. The molecule has 0 spiro atoms. The first-order valence-electron chi connectivity index (χ1n) is 25.1. The van der Waals surface area contributed by atoms with Crippen molar-refractivity contribution in [3.05, 3.63) is 181 Å². The van der Waals surface area contributed by atoms with Crippen LogP contribution in [0.1, 0.15) is 25.0 Å². The van der Waals surface area contributed by atoms with Crippen LogP contribution in [0.15, 0.2) is 170 Å². The third-order valence-corrected chi connectivity index (χ3v) is 15.7. The fraction of sp³-hybridized carbons (Fsp3) is 0.0476. The highest BCUT2D eigenvalue weighted by Crippen LogP contribution is 2.52. The second kappa shape index (κ2) is 18.9. The van der Waals surface area contributed by atoms with Gasteiger partial charge in [-0.05, 0) is 91.5 Å². The topological polar surface area (TPSA) is 8.17 Å². The van der Waals surface area contributed by atoms with Crippen LogP contribution >= 0.6 is 0 Å². The van der Waals surface area contributed by atoms with Crippen molar-refractivity contribution in [2.24, 2.45) is 0 Å². The van der Waals surface area contributed by atoms with Crippen LogP contribution in [0.2, 0.25) is 0 Å². The van der Waals surface area contributed by atoms with Gasteiger partial charge in [-0.2, -0.15) is 0 Å². The molecule has 0 bridgehead atoms. The van der Waals surface area contributed by atoms with E-state index in [9.17, 15) is 0 Å². The van der Waals surface area contributed by atoms with Gasteiger partial charge in [-0.3, -0.25) is 0 Å². The van der Waals surface area contributed by atoms with Gasteiger partial charge in [-0.15, -0.1) is 32.8 Å². The molecule has 14 heteroatoms. The van der Waals surface area contributed by atoms with E-state index in [1.165, 1.54) is 22.3 Å². The first-order valence-corrected chi connectivity index (χ1v) is 25.1. The molecule has 10 aromatic carbocycles. The van der Waals surface area contributed by atoms with E-state index in [1.54, 1.807) is 4.57 Å². The fourth-order valence-corrected chi connectivity index (χ4v) is 11.5. The molecule has 0 fully saturated rings. The molecule has 0 unspecified atom stereocenters. The van der Waals surface area contributed by atoms with Gasteiger partial charge in [-0.1, -0.05) is 186 Å². The number of anilines is 3. The molecule has 0 saturated carbocycles. The van der Waals surface area contributed by atoms with Crippen molar-refractivity contribution in [3.8, 4) is 61.3 Å². The molecule has 0 N–H and O–H groups in total. The molecule has 11 aromatic rings. The second-order valence-corrected chi connectivity index (χ2v) is 20.3. The van der Waals surface area contributed by atoms with Crippen molar-refractivity contribution < 1.29 is 0 Å². The molecule has 1 aliphatic rings. The van der Waals surface area contributed by atoms with Gasteiger partial charge in [0.15, 0.2) is 0 Å². The molecular weight excluding hydrogens is 914 g/mol. The average Bonchev–Trinajstić information content (AvgIpc) is 4.11. The summed E-state index contributed by atoms with van der Waals surface area (Å²) in [6.07, 6.45) is 0. The normalized spacial score (nSPS) is 12.5. The summed E-state index contributed by atoms with van der Waals surface area (Å²) in [6, 6.07) is 59.2. The summed E-state index contributed by atoms with van der Waals surface area (Å²) < 4.78 is 1.64. The van der Waals surface area contributed by atoms with Crippen LogP contribution in [0, 0.1) is 0 Å². The van der Waals surface area contributed by atoms with Crippen LogP contribution in [0.25, 0.3) is 83.1 Å². The highest BCUT2D eigenvalue weighted by molar-refractivity contribution is 6.71. The predicted molar refractivity (Wildman–Crippen MR) is 339 cm³/mol. The van der Waals surface area contributed by atoms with E-state index < -0.39 is 0 Å². The Hall–Kier alpha value is -7.42. The van der Waals surface area contributed by atoms with Gasteiger partial charge >= 0.3 is 0 Å². The van der Waals surface area contributed by atoms with Crippen molar-refractivity contribution in [2.45, 2.75) is 19.3 Å². The third-order valence-electron chi connectivity index (χ3n) is 15.7. The van der Waals surface area contributed by atoms with Crippen molar-refractivity contribution >= 4 is 199 Å². The van der Waals surface area contributed by atoms with Gasteiger partial charge in [-0.25, -0.2) is 0 Å². The summed E-state index contributed by atoms with van der Waals surface area (Å²) in [5, 5.41) is 0.788. The first kappa shape index (κ1) is 50.4. The molecule has 0 aliphatic heterocycles. The highest BCUT2D eigenvalue weighted by Gasteiger charge is 2.36. The predicted octanol–water partition coefficient (Wildman–Crippen LogP) is 2.75. The van der Waals surface area contributed by atoms with Crippen LogP contribution in [-0.2, 0) is 5.41 Å². The van der Waals surface area contributed by atoms with Gasteiger partial charge < -0.3 is 9.47 Å². The van der Waals surface area contributed by atoms with E-state index in [0.717, 1.165) is 50.4 Å². The maximum Gasteiger partial charge on any atom is 0.115 e. The van der Waals surface area contributed by atoms with Gasteiger partial charge in [0.25, 0.3) is 0 Å². The Kier molecular flexibility index (Phi) is 12.4. The zero-order chi connectivity index (χ0) is 53.9. The summed E-state index contributed by atoms with van der Waals surface area (Å²) >= 11 is 0. The van der Waals surface area contributed by atoms with E-state index >= 15 is 0 Å². The van der Waals surface area contributed by atoms with Gasteiger partial charge in [0.1, 0.15) is 94.2 Å². The molecule has 1 heterocycles. The zero-order valence-corrected chi connectivity index (χ0v) is 42.5. The number of hydrogen-bond donors (Lipinski definition) is 0. The maximum absolute atomic E-state index is 7.42. The lowest BCUT2D eigenvalue weighted by atomic mass is 9.61. The molecule has 1 aliphatic carbocycles. The lowest BCUT2D eigenvalue weighted by Gasteiger charge is -2.31. The molecular formula is C63H34B12N2. The Morgan fingerprint density at radius 1 is 0.325 bits per heavy atom. The Morgan fingerprint density at radius 2 is 0.740 bits per heavy atom. The SMILES string of the molecule is [B]c1c([B])c([B])c(-n2c3c([B])c([B])c([B])c([B])c3c3c(-c4ccc(-c5ccccc5)cc4N(c4ccc(-c5ccc(-c6ccccc6)cc5)cc4)c4ccc5c(c4)C(C)(C)c4ccccc4-5)c([B])c([B])c([B])c32)c([B])c1[B]. The van der Waals surface area contributed by atoms with Crippen molar-refractivity contribution in [1.29, 1.82) is 0 Å². The largest absolute Gasteiger partial charge is 0.312 e. The number of benzene rings is 10. The molecule has 332 valence electrons. The van der Waals surface area contributed by atoms with Crippen LogP contribution in [0.4, 0.5) is 17.1 Å². The quantitative estimate of drug-likeness (QED) is 0.213. The Bertz CT molecular complexity index is 4220. The fourth-order valence-electron chi connectivity index (χ4n) is 11.5. The van der Waals surface area contributed by atoms with Crippen LogP contribution in [-0.4, -0.2) is 98.7 Å². The summed E-state index contributed by atoms with van der Waals surface area (Å²) in [5.41, 5.74) is 15.5. The zero-order valence-electron chi connectivity index (χ0n) is 42.5. The van der Waals surface area contributed by atoms with E-state index in [4.69, 9.17) is 94.2 Å². The summed E-state index contributed by atoms with van der Waals surface area (Å²) in [7, 11) is 82.7. The minimum absolute atomic E-state index is 0.00550. The van der Waals surface area contributed by atoms with Crippen LogP contribution in [0.5, 0.6) is 0 Å². The molecule has 1 aromatic heterocycles. The van der Waals surface area contributed by atoms with Crippen molar-refractivity contribution in [2.75, 3.05) is 4.90 Å². The molecule has 12 rings (SSSR count). The molecule has 0 amide bonds. The number of fused-ring (bicyclic) bond motifs is 6. The number of rotatable bonds is 8. The Balaban J connectivity index is 1.18. The smallest absolute Gasteiger partial charge is 0.115 e. The summed E-state index contributed by atoms with van der Waals surface area (Å²) in [4.78, 5) is 2.25. The number of aromatic nitrogens is 1. The molecule has 24 radical (unpaired) electrons. The number of nitrogens with zero attached hydrogens (tertiary/aromatic N) is 2. The first-order chi connectivity index (χ1) is 37.0. The Labute approximate surface area is 466 Å². The lowest BCUT2D eigenvalue weighted by molar-refractivity contribution is 0.660. The monoisotopic (exact) mass is 950 g/mol. The minimum atomic E-state index is -0.334. The summed E-state index contributed by atoms with van der Waals surface area (Å²) in [6.45, 7) is 4.54. The molecule has 2 nitrogen and oxygen atoms in total. The third kappa shape index (κ3) is 7.79. The molecule has 0 saturated heterocycles. The van der Waals surface area contributed by atoms with E-state index in [2.05, 4.69) is 146 Å². The summed E-state index contributed by atoms with van der Waals surface area (Å²) in [5.74, 6) is 0. The van der Waals surface area contributed by atoms with Crippen molar-refractivity contribution in [3.63, 3.8) is 0 Å².